The van der Waals surface area contributed by atoms with Crippen molar-refractivity contribution in [2.75, 3.05) is 43.4 Å². The Balaban J connectivity index is 1.34. The molecule has 251 valence electrons. The Morgan fingerprint density at radius 2 is 1.90 bits per heavy atom. The Morgan fingerprint density at radius 3 is 2.56 bits per heavy atom. The second-order valence-electron chi connectivity index (χ2n) is 16.0. The number of benzene rings is 2. The maximum absolute atomic E-state index is 11.7. The molecule has 0 bridgehead atoms. The van der Waals surface area contributed by atoms with Gasteiger partial charge in [-0.3, -0.25) is 0 Å². The van der Waals surface area contributed by atoms with E-state index in [0.29, 0.717) is 24.7 Å². The van der Waals surface area contributed by atoms with Gasteiger partial charge in [0.1, 0.15) is 12.3 Å². The molecule has 10 heteroatoms. The number of carbonyl (C=O) groups is 1. The van der Waals surface area contributed by atoms with E-state index >= 15 is 0 Å². The maximum atomic E-state index is 11.7. The maximum Gasteiger partial charge on any atom is 0.329 e. The van der Waals surface area contributed by atoms with Gasteiger partial charge in [0.25, 0.3) is 0 Å². The number of rotatable bonds is 11. The highest BCUT2D eigenvalue weighted by Crippen LogP contribution is 2.46. The van der Waals surface area contributed by atoms with E-state index in [9.17, 15) is 10.1 Å². The van der Waals surface area contributed by atoms with E-state index in [2.05, 4.69) is 87.3 Å². The van der Waals surface area contributed by atoms with Gasteiger partial charge >= 0.3 is 7.41 Å². The normalized spacial score (nSPS) is 19.7. The Kier molecular flexibility index (Phi) is 9.60. The molecule has 0 spiro atoms. The Bertz CT molecular complexity index is 1730. The van der Waals surface area contributed by atoms with Crippen molar-refractivity contribution >= 4 is 39.2 Å². The van der Waals surface area contributed by atoms with Crippen LogP contribution >= 0.6 is 0 Å². The molecule has 3 aliphatic rings. The fourth-order valence-corrected chi connectivity index (χ4v) is 7.90. The van der Waals surface area contributed by atoms with E-state index < -0.39 is 13.7 Å². The van der Waals surface area contributed by atoms with Crippen LogP contribution in [0.15, 0.2) is 36.5 Å². The van der Waals surface area contributed by atoms with Gasteiger partial charge in [-0.2, -0.15) is 5.26 Å². The van der Waals surface area contributed by atoms with Crippen molar-refractivity contribution in [2.45, 2.75) is 89.8 Å². The summed E-state index contributed by atoms with van der Waals surface area (Å²) in [5.74, 6) is 1.40. The third-order valence-corrected chi connectivity index (χ3v) is 15.6. The first kappa shape index (κ1) is 34.3. The topological polar surface area (TPSA) is 94.4 Å². The molecule has 2 aromatic carbocycles. The predicted molar refractivity (Wildman–Crippen MR) is 198 cm³/mol. The molecule has 0 saturated heterocycles. The lowest BCUT2D eigenvalue weighted by atomic mass is 9.83. The molecule has 0 amide bonds. The van der Waals surface area contributed by atoms with Crippen LogP contribution in [-0.2, 0) is 33.9 Å². The molecule has 3 aromatic rings. The van der Waals surface area contributed by atoms with Gasteiger partial charge in [-0.1, -0.05) is 46.6 Å². The number of carbonyl (C=O) groups excluding carboxylic acids is 1. The number of likely N-dealkylation sites (N-methyl/N-ethyl adjacent to an activating group) is 1. The molecule has 1 N–H and O–H groups in total. The summed E-state index contributed by atoms with van der Waals surface area (Å²) in [6, 6.07) is 13.1. The predicted octanol–water partition coefficient (Wildman–Crippen LogP) is 7.04. The summed E-state index contributed by atoms with van der Waals surface area (Å²) in [5, 5.41) is 14.0. The van der Waals surface area contributed by atoms with Gasteiger partial charge in [-0.15, -0.1) is 0 Å². The van der Waals surface area contributed by atoms with Crippen LogP contribution in [0, 0.1) is 17.2 Å². The molecule has 6 rings (SSSR count). The third-order valence-electron chi connectivity index (χ3n) is 11.2. The third kappa shape index (κ3) is 7.24. The molecule has 8 nitrogen and oxygen atoms in total. The van der Waals surface area contributed by atoms with Gasteiger partial charge in [0.15, 0.2) is 8.32 Å². The van der Waals surface area contributed by atoms with Crippen LogP contribution in [0.5, 0.6) is 0 Å². The van der Waals surface area contributed by atoms with Crippen molar-refractivity contribution in [3.63, 3.8) is 0 Å². The lowest BCUT2D eigenvalue weighted by Gasteiger charge is -2.39. The van der Waals surface area contributed by atoms with Crippen LogP contribution in [0.4, 0.5) is 17.3 Å². The molecule has 1 fully saturated rings. The first-order valence-corrected chi connectivity index (χ1v) is 20.4. The molecule has 1 radical (unpaired) electrons. The minimum absolute atomic E-state index is 0.0643. The van der Waals surface area contributed by atoms with Crippen LogP contribution in [0.1, 0.15) is 74.8 Å². The highest BCUT2D eigenvalue weighted by atomic mass is 28.4. The average Bonchev–Trinajstić information content (AvgIpc) is 3.86. The number of nitriles is 1. The first-order valence-electron chi connectivity index (χ1n) is 17.5. The molecule has 1 aromatic heterocycles. The SMILES string of the molecule is CN1CCc2cc(CCC3CC3)c(Nc3nccc(-c4cc(C#N)c5c(c4)[C@@](C)(CO[Si](C)(C)C(C)(C)C)CN5[B]C=O)n3)cc2CC1. The number of fused-ring (bicyclic) bond motifs is 2. The fraction of sp³-hybridized carbons (Fsp3) is 0.526. The van der Waals surface area contributed by atoms with E-state index in [1.807, 2.05) is 16.9 Å². The van der Waals surface area contributed by atoms with Crippen LogP contribution in [0.2, 0.25) is 18.1 Å². The number of nitrogens with zero attached hydrogens (tertiary/aromatic N) is 5. The van der Waals surface area contributed by atoms with Gasteiger partial charge in [-0.05, 0) is 103 Å². The highest BCUT2D eigenvalue weighted by molar-refractivity contribution is 6.74. The number of nitrogens with one attached hydrogen (secondary N) is 1. The Labute approximate surface area is 288 Å². The molecule has 0 unspecified atom stereocenters. The average molecular weight is 662 g/mol. The largest absolute Gasteiger partial charge is 0.416 e. The molecule has 2 aliphatic heterocycles. The van der Waals surface area contributed by atoms with E-state index in [-0.39, 0.29) is 5.04 Å². The number of aryl methyl sites for hydroxylation is 1. The fourth-order valence-electron chi connectivity index (χ4n) is 6.79. The van der Waals surface area contributed by atoms with E-state index in [1.165, 1.54) is 43.4 Å². The molecular formula is C38H50BN6O2Si. The standard InChI is InChI=1S/C38H50BN6O2Si/c1-37(2,3)48(6,7)47-24-38(4)23-45(39-25-46)35-31(22-40)19-30(20-32(35)38)33-12-15-41-36(42-33)43-34-21-28-14-17-44(5)16-13-27(28)18-29(34)11-10-26-8-9-26/h12,15,18-21,25-26H,8-11,13-14,16-17,23-24H2,1-7H3,(H,41,42,43)/t38-/m1/s1. The van der Waals surface area contributed by atoms with Crippen molar-refractivity contribution < 1.29 is 9.22 Å². The number of hydrogen-bond donors (Lipinski definition) is 1. The zero-order chi connectivity index (χ0) is 34.3. The number of hydrogen-bond acceptors (Lipinski definition) is 8. The van der Waals surface area contributed by atoms with Crippen molar-refractivity contribution in [1.29, 1.82) is 5.26 Å². The van der Waals surface area contributed by atoms with Crippen LogP contribution in [-0.4, -0.2) is 70.1 Å². The molecular weight excluding hydrogens is 611 g/mol. The van der Waals surface area contributed by atoms with Crippen LogP contribution in [0.25, 0.3) is 11.3 Å². The van der Waals surface area contributed by atoms with Gasteiger partial charge in [-0.25, -0.2) is 9.97 Å². The van der Waals surface area contributed by atoms with Crippen molar-refractivity contribution in [1.82, 2.24) is 14.9 Å². The van der Waals surface area contributed by atoms with E-state index in [4.69, 9.17) is 9.41 Å². The molecule has 48 heavy (non-hydrogen) atoms. The van der Waals surface area contributed by atoms with E-state index in [1.54, 1.807) is 6.20 Å². The molecule has 1 aliphatic carbocycles. The summed E-state index contributed by atoms with van der Waals surface area (Å²) in [6.45, 7) is 16.6. The quantitative estimate of drug-likeness (QED) is 0.173. The Morgan fingerprint density at radius 1 is 1.17 bits per heavy atom. The summed E-state index contributed by atoms with van der Waals surface area (Å²) >= 11 is 0. The second-order valence-corrected chi connectivity index (χ2v) is 20.8. The molecule has 1 saturated carbocycles. The monoisotopic (exact) mass is 661 g/mol. The van der Waals surface area contributed by atoms with Crippen molar-refractivity contribution in [2.24, 2.45) is 5.92 Å². The summed E-state index contributed by atoms with van der Waals surface area (Å²) in [7, 11) is 1.69. The first-order chi connectivity index (χ1) is 22.8. The summed E-state index contributed by atoms with van der Waals surface area (Å²) < 4.78 is 6.76. The molecule has 1 atom stereocenters. The summed E-state index contributed by atoms with van der Waals surface area (Å²) in [6.07, 6.45) is 9.67. The lowest BCUT2D eigenvalue weighted by Crippen LogP contribution is -2.46. The molecule has 3 heterocycles. The van der Waals surface area contributed by atoms with Crippen molar-refractivity contribution in [3.05, 3.63) is 64.3 Å². The van der Waals surface area contributed by atoms with Gasteiger partial charge in [0.05, 0.1) is 11.3 Å². The minimum atomic E-state index is -2.05. The van der Waals surface area contributed by atoms with Crippen LogP contribution in [0.3, 0.4) is 0 Å². The zero-order valence-electron chi connectivity index (χ0n) is 29.8. The van der Waals surface area contributed by atoms with Gasteiger partial charge in [0.2, 0.25) is 5.95 Å². The smallest absolute Gasteiger partial charge is 0.329 e. The Hall–Kier alpha value is -3.52. The minimum Gasteiger partial charge on any atom is -0.416 e. The zero-order valence-corrected chi connectivity index (χ0v) is 30.8. The summed E-state index contributed by atoms with van der Waals surface area (Å²) in [5.41, 5.74) is 8.77. The lowest BCUT2D eigenvalue weighted by molar-refractivity contribution is 0.219. The van der Waals surface area contributed by atoms with E-state index in [0.717, 1.165) is 72.7 Å². The van der Waals surface area contributed by atoms with Crippen LogP contribution < -0.4 is 10.1 Å². The number of aromatic nitrogens is 2. The highest BCUT2D eigenvalue weighted by Gasteiger charge is 2.44. The summed E-state index contributed by atoms with van der Waals surface area (Å²) in [4.78, 5) is 25.7. The van der Waals surface area contributed by atoms with Crippen molar-refractivity contribution in [3.8, 4) is 17.3 Å². The second kappa shape index (κ2) is 13.4. The van der Waals surface area contributed by atoms with Gasteiger partial charge < -0.3 is 24.2 Å². The number of anilines is 3. The van der Waals surface area contributed by atoms with Gasteiger partial charge in [0, 0.05) is 54.8 Å².